The van der Waals surface area contributed by atoms with Crippen LogP contribution in [0.1, 0.15) is 26.3 Å². The third kappa shape index (κ3) is 6.84. The van der Waals surface area contributed by atoms with Crippen LogP contribution in [0.5, 0.6) is 0 Å². The molecule has 2 nitrogen and oxygen atoms in total. The normalized spacial score (nSPS) is 12.0. The largest absolute Gasteiger partial charge is 0.311 e. The Kier molecular flexibility index (Phi) is 10.8. The van der Waals surface area contributed by atoms with Crippen molar-refractivity contribution in [3.63, 3.8) is 0 Å². The number of halogens is 1. The minimum atomic E-state index is -0.329. The van der Waals surface area contributed by atoms with Crippen molar-refractivity contribution < 1.29 is 4.39 Å². The van der Waals surface area contributed by atoms with Crippen molar-refractivity contribution in [2.45, 2.75) is 26.2 Å². The van der Waals surface area contributed by atoms with Gasteiger partial charge in [-0.3, -0.25) is 0 Å². The van der Waals surface area contributed by atoms with E-state index < -0.39 is 0 Å². The predicted molar refractivity (Wildman–Crippen MR) is 295 cm³/mol. The summed E-state index contributed by atoms with van der Waals surface area (Å²) in [6.45, 7) is 6.55. The van der Waals surface area contributed by atoms with Gasteiger partial charge >= 0.3 is 0 Å². The van der Waals surface area contributed by atoms with Gasteiger partial charge in [-0.1, -0.05) is 126 Å². The minimum Gasteiger partial charge on any atom is -0.311 e. The van der Waals surface area contributed by atoms with Crippen LogP contribution < -0.4 is 65.6 Å². The zero-order valence-electron chi connectivity index (χ0n) is 37.1. The maximum absolute atomic E-state index is 13.8. The third-order valence-corrected chi connectivity index (χ3v) is 13.3. The summed E-state index contributed by atoms with van der Waals surface area (Å²) in [6, 6.07) is 34.4. The fraction of sp³-hybridized carbons (Fsp3) is 0.0769. The SMILES string of the molecule is [B]c1c([B])c([B])c(-n2c3ccc(-c4c([B])c([B])c5c(c4[B])c4c([B])c([B])c([B])c([B])c4n5-c4ccc(-c5ccc(F)cc5)cc4)cc3c3ccc(-c4ccc(C(C)(C)C)cc4)cc32)c([B])c1[B]. The highest BCUT2D eigenvalue weighted by molar-refractivity contribution is 6.70. The van der Waals surface area contributed by atoms with Crippen LogP contribution in [0.4, 0.5) is 4.39 Å². The van der Waals surface area contributed by atoms with Crippen LogP contribution in [0.15, 0.2) is 109 Å². The van der Waals surface area contributed by atoms with Crippen molar-refractivity contribution in [2.24, 2.45) is 0 Å². The average molecular weight is 829 g/mol. The number of hydrogen-bond acceptors (Lipinski definition) is 0. The second-order valence-electron chi connectivity index (χ2n) is 18.2. The summed E-state index contributed by atoms with van der Waals surface area (Å²) in [5.41, 5.74) is 11.4. The molecule has 2 heterocycles. The van der Waals surface area contributed by atoms with E-state index in [0.717, 1.165) is 44.1 Å². The summed E-state index contributed by atoms with van der Waals surface area (Å²) in [5.74, 6) is -0.329. The highest BCUT2D eigenvalue weighted by Gasteiger charge is 2.26. The predicted octanol–water partition coefficient (Wildman–Crippen LogP) is -0.156. The fourth-order valence-electron chi connectivity index (χ4n) is 9.54. The zero-order valence-corrected chi connectivity index (χ0v) is 37.1. The van der Waals surface area contributed by atoms with Gasteiger partial charge in [-0.15, -0.1) is 27.3 Å². The number of hydrogen-bond donors (Lipinski definition) is 0. The van der Waals surface area contributed by atoms with E-state index in [1.165, 1.54) is 17.7 Å². The van der Waals surface area contributed by atoms with Gasteiger partial charge < -0.3 is 9.13 Å². The van der Waals surface area contributed by atoms with E-state index in [2.05, 4.69) is 63.2 Å². The van der Waals surface area contributed by atoms with Crippen molar-refractivity contribution in [2.75, 3.05) is 0 Å². The van der Waals surface area contributed by atoms with Crippen LogP contribution in [-0.4, -0.2) is 103 Å². The molecule has 24 radical (unpaired) electrons. The summed E-state index contributed by atoms with van der Waals surface area (Å²) in [4.78, 5) is 0. The third-order valence-electron chi connectivity index (χ3n) is 13.3. The first-order chi connectivity index (χ1) is 31.8. The van der Waals surface area contributed by atoms with Crippen molar-refractivity contribution in [3.8, 4) is 44.8 Å². The molecule has 0 N–H and O–H groups in total. The van der Waals surface area contributed by atoms with E-state index in [0.29, 0.717) is 44.3 Å². The Balaban J connectivity index is 1.24. The first-order valence-corrected chi connectivity index (χ1v) is 21.4. The lowest BCUT2D eigenvalue weighted by Gasteiger charge is -2.23. The van der Waals surface area contributed by atoms with E-state index in [9.17, 15) is 4.39 Å². The molecule has 10 aromatic rings. The quantitative estimate of drug-likeness (QED) is 0.214. The molecular formula is C52H27B12FN2. The molecule has 0 saturated heterocycles. The van der Waals surface area contributed by atoms with Crippen LogP contribution in [0.2, 0.25) is 0 Å². The molecule has 67 heavy (non-hydrogen) atoms. The Morgan fingerprint density at radius 1 is 0.373 bits per heavy atom. The topological polar surface area (TPSA) is 9.86 Å². The Labute approximate surface area is 406 Å². The lowest BCUT2D eigenvalue weighted by atomic mass is 9.61. The lowest BCUT2D eigenvalue weighted by Crippen LogP contribution is -2.56. The molecule has 10 rings (SSSR count). The molecule has 0 aliphatic heterocycles. The Morgan fingerprint density at radius 3 is 1.43 bits per heavy atom. The Morgan fingerprint density at radius 2 is 0.836 bits per heavy atom. The summed E-state index contributed by atoms with van der Waals surface area (Å²) >= 11 is 0. The second kappa shape index (κ2) is 16.1. The molecular weight excluding hydrogens is 801 g/mol. The lowest BCUT2D eigenvalue weighted by molar-refractivity contribution is 0.590. The van der Waals surface area contributed by atoms with E-state index >= 15 is 0 Å². The smallest absolute Gasteiger partial charge is 0.123 e. The highest BCUT2D eigenvalue weighted by Crippen LogP contribution is 2.38. The molecule has 8 aromatic carbocycles. The molecule has 0 bridgehead atoms. The van der Waals surface area contributed by atoms with Crippen molar-refractivity contribution in [3.05, 3.63) is 121 Å². The molecule has 0 saturated carbocycles. The molecule has 0 aliphatic carbocycles. The van der Waals surface area contributed by atoms with Gasteiger partial charge in [-0.25, -0.2) is 4.39 Å². The van der Waals surface area contributed by atoms with Gasteiger partial charge in [0.05, 0.1) is 11.0 Å². The fourth-order valence-corrected chi connectivity index (χ4v) is 9.54. The summed E-state index contributed by atoms with van der Waals surface area (Å²) in [7, 11) is 81.1. The van der Waals surface area contributed by atoms with Crippen molar-refractivity contribution in [1.82, 2.24) is 9.13 Å². The Bertz CT molecular complexity index is 3710. The number of rotatable bonds is 5. The van der Waals surface area contributed by atoms with Gasteiger partial charge in [0.1, 0.15) is 100.0 Å². The van der Waals surface area contributed by atoms with Gasteiger partial charge in [0.25, 0.3) is 0 Å². The molecule has 2 aromatic heterocycles. The summed E-state index contributed by atoms with van der Waals surface area (Å²) in [6.07, 6.45) is 0. The molecule has 15 heteroatoms. The number of fused-ring (bicyclic) bond motifs is 6. The molecule has 0 amide bonds. The monoisotopic (exact) mass is 830 g/mol. The van der Waals surface area contributed by atoms with E-state index in [-0.39, 0.29) is 76.8 Å². The average Bonchev–Trinajstić information content (AvgIpc) is 3.84. The van der Waals surface area contributed by atoms with Gasteiger partial charge in [0, 0.05) is 38.6 Å². The molecule has 0 fully saturated rings. The van der Waals surface area contributed by atoms with E-state index in [1.807, 2.05) is 51.6 Å². The van der Waals surface area contributed by atoms with Gasteiger partial charge in [0.15, 0.2) is 0 Å². The first-order valence-electron chi connectivity index (χ1n) is 21.4. The summed E-state index contributed by atoms with van der Waals surface area (Å²) in [5, 5.41) is 2.59. The van der Waals surface area contributed by atoms with Crippen LogP contribution in [0.3, 0.4) is 0 Å². The van der Waals surface area contributed by atoms with Gasteiger partial charge in [0.2, 0.25) is 0 Å². The van der Waals surface area contributed by atoms with Crippen LogP contribution in [0, 0.1) is 5.82 Å². The first kappa shape index (κ1) is 44.9. The van der Waals surface area contributed by atoms with E-state index in [4.69, 9.17) is 94.2 Å². The summed E-state index contributed by atoms with van der Waals surface area (Å²) < 4.78 is 17.6. The molecule has 0 aliphatic rings. The minimum absolute atomic E-state index is 0.0172. The molecule has 288 valence electrons. The molecule has 0 atom stereocenters. The standard InChI is InChI=1S/C52H27B12FN2/c1-52(2,3)27-12-4-24(5-13-27)25-10-18-30-31-20-26(11-19-32(31)67(33(30)21-25)51-47(63)43(59)41(57)44(60)48(51)64)34-37(53)35-36-39(55)40(56)42(58)46(62)50(36)66(49(35)45(61)38(34)54)29-16-8-23(9-17-29)22-6-14-28(65)15-7-22/h4-21H,1-3H3. The zero-order chi connectivity index (χ0) is 47.7. The molecule has 0 unspecified atom stereocenters. The second-order valence-corrected chi connectivity index (χ2v) is 18.2. The van der Waals surface area contributed by atoms with Crippen molar-refractivity contribution in [1.29, 1.82) is 0 Å². The van der Waals surface area contributed by atoms with E-state index in [1.54, 1.807) is 12.1 Å². The van der Waals surface area contributed by atoms with Gasteiger partial charge in [-0.2, -0.15) is 0 Å². The Hall–Kier alpha value is -5.93. The van der Waals surface area contributed by atoms with Crippen LogP contribution in [-0.2, 0) is 5.41 Å². The van der Waals surface area contributed by atoms with Crippen LogP contribution >= 0.6 is 0 Å². The molecule has 0 spiro atoms. The maximum Gasteiger partial charge on any atom is 0.123 e. The number of aromatic nitrogens is 2. The maximum atomic E-state index is 13.8. The number of nitrogens with zero attached hydrogens (tertiary/aromatic N) is 2. The van der Waals surface area contributed by atoms with Crippen LogP contribution in [0.25, 0.3) is 88.4 Å². The van der Waals surface area contributed by atoms with Gasteiger partial charge in [-0.05, 0) is 92.2 Å². The number of benzene rings is 8. The van der Waals surface area contributed by atoms with Crippen molar-refractivity contribution >= 4 is 203 Å². The highest BCUT2D eigenvalue weighted by atomic mass is 19.1.